The third-order valence-electron chi connectivity index (χ3n) is 5.98. The highest BCUT2D eigenvalue weighted by Gasteiger charge is 2.55. The number of anilines is 1. The number of amides is 3. The van der Waals surface area contributed by atoms with Gasteiger partial charge >= 0.3 is 12.0 Å². The van der Waals surface area contributed by atoms with E-state index in [4.69, 9.17) is 4.42 Å². The number of nitrogens with one attached hydrogen (secondary N) is 2. The smallest absolute Gasteiger partial charge is 0.317 e. The van der Waals surface area contributed by atoms with Crippen molar-refractivity contribution in [2.24, 2.45) is 11.3 Å². The Morgan fingerprint density at radius 1 is 1.21 bits per heavy atom. The highest BCUT2D eigenvalue weighted by Crippen LogP contribution is 2.48. The van der Waals surface area contributed by atoms with E-state index in [1.165, 1.54) is 6.26 Å². The Morgan fingerprint density at radius 2 is 2.00 bits per heavy atom. The number of aliphatic carboxylic acids is 1. The van der Waals surface area contributed by atoms with Gasteiger partial charge in [0.15, 0.2) is 5.76 Å². The molecule has 0 bridgehead atoms. The Hall–Kier alpha value is -3.29. The number of carboxylic acid groups (broad SMARTS) is 1. The summed E-state index contributed by atoms with van der Waals surface area (Å²) in [5.74, 6) is -0.843. The quantitative estimate of drug-likeness (QED) is 0.718. The average Bonchev–Trinajstić information content (AvgIpc) is 3.42. The number of hydrogen-bond acceptors (Lipinski definition) is 4. The lowest BCUT2D eigenvalue weighted by molar-refractivity contribution is -0.149. The zero-order valence-corrected chi connectivity index (χ0v) is 15.9. The monoisotopic (exact) mass is 397 g/mol. The van der Waals surface area contributed by atoms with Crippen LogP contribution in [-0.4, -0.2) is 41.0 Å². The van der Waals surface area contributed by atoms with Crippen LogP contribution in [0.15, 0.2) is 47.1 Å². The molecular weight excluding hydrogens is 374 g/mol. The third-order valence-corrected chi connectivity index (χ3v) is 5.98. The normalized spacial score (nSPS) is 22.9. The van der Waals surface area contributed by atoms with E-state index in [2.05, 4.69) is 10.6 Å². The molecule has 2 atom stereocenters. The van der Waals surface area contributed by atoms with Crippen LogP contribution in [0.2, 0.25) is 0 Å². The minimum Gasteiger partial charge on any atom is -0.481 e. The molecule has 3 N–H and O–H groups in total. The molecule has 1 saturated carbocycles. The molecule has 4 rings (SSSR count). The summed E-state index contributed by atoms with van der Waals surface area (Å²) in [5, 5.41) is 15.2. The van der Waals surface area contributed by atoms with E-state index in [9.17, 15) is 19.5 Å². The number of rotatable bonds is 5. The van der Waals surface area contributed by atoms with Crippen molar-refractivity contribution in [1.82, 2.24) is 10.2 Å². The third kappa shape index (κ3) is 3.70. The van der Waals surface area contributed by atoms with E-state index in [0.29, 0.717) is 25.2 Å². The van der Waals surface area contributed by atoms with Gasteiger partial charge in [0.2, 0.25) is 0 Å². The molecular formula is C21H23N3O5. The second-order valence-electron chi connectivity index (χ2n) is 7.72. The second-order valence-corrected chi connectivity index (χ2v) is 7.72. The van der Waals surface area contributed by atoms with E-state index < -0.39 is 11.4 Å². The van der Waals surface area contributed by atoms with Crippen LogP contribution in [0, 0.1) is 11.3 Å². The van der Waals surface area contributed by atoms with Gasteiger partial charge in [-0.15, -0.1) is 0 Å². The zero-order chi connectivity index (χ0) is 20.4. The lowest BCUT2D eigenvalue weighted by atomic mass is 9.81. The highest BCUT2D eigenvalue weighted by atomic mass is 16.4. The molecule has 152 valence electrons. The van der Waals surface area contributed by atoms with E-state index in [0.717, 1.165) is 18.4 Å². The predicted molar refractivity (Wildman–Crippen MR) is 104 cm³/mol. The van der Waals surface area contributed by atoms with E-state index in [1.807, 2.05) is 12.1 Å². The van der Waals surface area contributed by atoms with Gasteiger partial charge in [0.05, 0.1) is 11.7 Å². The summed E-state index contributed by atoms with van der Waals surface area (Å²) in [6.07, 6.45) is 3.85. The lowest BCUT2D eigenvalue weighted by Gasteiger charge is -2.23. The summed E-state index contributed by atoms with van der Waals surface area (Å²) in [6, 6.07) is 10.1. The van der Waals surface area contributed by atoms with Crippen LogP contribution >= 0.6 is 0 Å². The Balaban J connectivity index is 1.30. The maximum absolute atomic E-state index is 12.5. The van der Waals surface area contributed by atoms with Gasteiger partial charge in [0.1, 0.15) is 0 Å². The summed E-state index contributed by atoms with van der Waals surface area (Å²) in [4.78, 5) is 37.8. The molecule has 1 aliphatic carbocycles. The fourth-order valence-corrected chi connectivity index (χ4v) is 4.39. The molecule has 0 radical (unpaired) electrons. The van der Waals surface area contributed by atoms with Crippen LogP contribution in [0.5, 0.6) is 0 Å². The average molecular weight is 397 g/mol. The van der Waals surface area contributed by atoms with E-state index >= 15 is 0 Å². The molecule has 1 saturated heterocycles. The lowest BCUT2D eigenvalue weighted by Crippen LogP contribution is -2.41. The van der Waals surface area contributed by atoms with Gasteiger partial charge in [0.25, 0.3) is 5.91 Å². The van der Waals surface area contributed by atoms with Crippen LogP contribution in [-0.2, 0) is 11.3 Å². The SMILES string of the molecule is O=C(Nc1ccc(CNC(=O)N2C[C@@H]3CCC[C@@]3(C(=O)O)C2)cc1)c1ccco1. The largest absolute Gasteiger partial charge is 0.481 e. The number of hydrogen-bond donors (Lipinski definition) is 3. The summed E-state index contributed by atoms with van der Waals surface area (Å²) >= 11 is 0. The molecule has 1 aromatic heterocycles. The maximum Gasteiger partial charge on any atom is 0.317 e. The van der Waals surface area contributed by atoms with Crippen molar-refractivity contribution in [2.45, 2.75) is 25.8 Å². The molecule has 0 unspecified atom stereocenters. The molecule has 2 heterocycles. The van der Waals surface area contributed by atoms with Gasteiger partial charge in [-0.1, -0.05) is 18.6 Å². The number of furan rings is 1. The molecule has 2 fully saturated rings. The van der Waals surface area contributed by atoms with Gasteiger partial charge in [0, 0.05) is 25.3 Å². The van der Waals surface area contributed by atoms with Crippen LogP contribution in [0.4, 0.5) is 10.5 Å². The summed E-state index contributed by atoms with van der Waals surface area (Å²) < 4.78 is 5.05. The first-order valence-corrected chi connectivity index (χ1v) is 9.68. The minimum absolute atomic E-state index is 0.0443. The number of urea groups is 1. The van der Waals surface area contributed by atoms with Crippen LogP contribution in [0.1, 0.15) is 35.4 Å². The fraction of sp³-hybridized carbons (Fsp3) is 0.381. The van der Waals surface area contributed by atoms with Gasteiger partial charge in [-0.3, -0.25) is 9.59 Å². The van der Waals surface area contributed by atoms with Gasteiger partial charge < -0.3 is 25.1 Å². The van der Waals surface area contributed by atoms with Crippen molar-refractivity contribution in [3.8, 4) is 0 Å². The number of carbonyl (C=O) groups is 3. The van der Waals surface area contributed by atoms with Crippen LogP contribution < -0.4 is 10.6 Å². The number of nitrogens with zero attached hydrogens (tertiary/aromatic N) is 1. The minimum atomic E-state index is -0.789. The number of carbonyl (C=O) groups excluding carboxylic acids is 2. The molecule has 0 spiro atoms. The highest BCUT2D eigenvalue weighted by molar-refractivity contribution is 6.02. The first-order chi connectivity index (χ1) is 14.0. The summed E-state index contributed by atoms with van der Waals surface area (Å²) in [5.41, 5.74) is 0.726. The van der Waals surface area contributed by atoms with E-state index in [-0.39, 0.29) is 30.2 Å². The zero-order valence-electron chi connectivity index (χ0n) is 15.9. The Morgan fingerprint density at radius 3 is 2.66 bits per heavy atom. The van der Waals surface area contributed by atoms with Crippen molar-refractivity contribution in [3.63, 3.8) is 0 Å². The van der Waals surface area contributed by atoms with Crippen LogP contribution in [0.25, 0.3) is 0 Å². The Bertz CT molecular complexity index is 909. The van der Waals surface area contributed by atoms with Crippen molar-refractivity contribution in [2.75, 3.05) is 18.4 Å². The van der Waals surface area contributed by atoms with Gasteiger partial charge in [-0.2, -0.15) is 0 Å². The first kappa shape index (κ1) is 19.0. The van der Waals surface area contributed by atoms with E-state index in [1.54, 1.807) is 29.2 Å². The second kappa shape index (κ2) is 7.62. The number of likely N-dealkylation sites (tertiary alicyclic amines) is 1. The summed E-state index contributed by atoms with van der Waals surface area (Å²) in [7, 11) is 0. The molecule has 2 aliphatic rings. The van der Waals surface area contributed by atoms with Crippen molar-refractivity contribution >= 4 is 23.6 Å². The number of carboxylic acids is 1. The molecule has 2 aromatic rings. The van der Waals surface area contributed by atoms with Crippen LogP contribution in [0.3, 0.4) is 0 Å². The molecule has 1 aromatic carbocycles. The van der Waals surface area contributed by atoms with Gasteiger partial charge in [-0.25, -0.2) is 4.79 Å². The van der Waals surface area contributed by atoms with Crippen molar-refractivity contribution < 1.29 is 23.9 Å². The molecule has 8 nitrogen and oxygen atoms in total. The first-order valence-electron chi connectivity index (χ1n) is 9.68. The number of benzene rings is 1. The Kier molecular flexibility index (Phi) is 5.00. The summed E-state index contributed by atoms with van der Waals surface area (Å²) in [6.45, 7) is 1.10. The Labute approximate surface area is 167 Å². The number of fused-ring (bicyclic) bond motifs is 1. The van der Waals surface area contributed by atoms with Gasteiger partial charge in [-0.05, 0) is 48.6 Å². The molecule has 8 heteroatoms. The predicted octanol–water partition coefficient (Wildman–Crippen LogP) is 2.93. The fourth-order valence-electron chi connectivity index (χ4n) is 4.39. The topological polar surface area (TPSA) is 112 Å². The molecule has 29 heavy (non-hydrogen) atoms. The van der Waals surface area contributed by atoms with Crippen molar-refractivity contribution in [3.05, 3.63) is 54.0 Å². The standard InChI is InChI=1S/C21H23N3O5/c25-18(17-4-2-10-29-17)23-16-7-5-14(6-8-16)11-22-20(28)24-12-15-3-1-9-21(15,13-24)19(26)27/h2,4-8,10,15H,1,3,9,11-13H2,(H,22,28)(H,23,25)(H,26,27)/t15-,21+/m0/s1. The molecule has 1 aliphatic heterocycles. The maximum atomic E-state index is 12.5. The van der Waals surface area contributed by atoms with Crippen molar-refractivity contribution in [1.29, 1.82) is 0 Å². The molecule has 3 amide bonds.